The molecule has 0 saturated carbocycles. The van der Waals surface area contributed by atoms with E-state index >= 15 is 0 Å². The second kappa shape index (κ2) is 4.31. The molecule has 1 N–H and O–H groups in total. The maximum absolute atomic E-state index is 13.0. The molecule has 1 aromatic carbocycles. The number of hydrogen-bond acceptors (Lipinski definition) is 1. The molecule has 1 aromatic rings. The highest BCUT2D eigenvalue weighted by Gasteiger charge is 2.23. The molecular weight excluding hydrogens is 189 g/mol. The zero-order valence-electron chi connectivity index (χ0n) is 9.39. The van der Waals surface area contributed by atoms with E-state index in [1.54, 1.807) is 12.1 Å². The number of hydrogen-bond donors (Lipinski definition) is 1. The van der Waals surface area contributed by atoms with Gasteiger partial charge in [0, 0.05) is 6.04 Å². The first kappa shape index (κ1) is 10.6. The minimum atomic E-state index is -0.139. The molecule has 1 aliphatic rings. The van der Waals surface area contributed by atoms with Gasteiger partial charge in [-0.25, -0.2) is 4.39 Å². The predicted molar refractivity (Wildman–Crippen MR) is 60.3 cm³/mol. The van der Waals surface area contributed by atoms with Crippen LogP contribution in [-0.4, -0.2) is 6.54 Å². The molecule has 0 bridgehead atoms. The van der Waals surface area contributed by atoms with Gasteiger partial charge < -0.3 is 5.32 Å². The monoisotopic (exact) mass is 207 g/mol. The number of nitrogens with one attached hydrogen (secondary N) is 1. The summed E-state index contributed by atoms with van der Waals surface area (Å²) in [5.41, 5.74) is 2.31. The summed E-state index contributed by atoms with van der Waals surface area (Å²) < 4.78 is 13.0. The Morgan fingerprint density at radius 3 is 2.87 bits per heavy atom. The average molecular weight is 207 g/mol. The van der Waals surface area contributed by atoms with Crippen LogP contribution in [0.2, 0.25) is 0 Å². The van der Waals surface area contributed by atoms with Gasteiger partial charge in [0.15, 0.2) is 0 Å². The van der Waals surface area contributed by atoms with Gasteiger partial charge in [-0.05, 0) is 55.5 Å². The molecule has 0 aliphatic carbocycles. The van der Waals surface area contributed by atoms with Crippen LogP contribution in [0.5, 0.6) is 0 Å². The Morgan fingerprint density at radius 2 is 2.20 bits per heavy atom. The van der Waals surface area contributed by atoms with Crippen LogP contribution in [0, 0.1) is 18.7 Å². The summed E-state index contributed by atoms with van der Waals surface area (Å²) in [5, 5.41) is 3.52. The van der Waals surface area contributed by atoms with Crippen molar-refractivity contribution in [3.8, 4) is 0 Å². The smallest absolute Gasteiger partial charge is 0.123 e. The van der Waals surface area contributed by atoms with Crippen molar-refractivity contribution in [2.45, 2.75) is 32.7 Å². The topological polar surface area (TPSA) is 12.0 Å². The molecule has 1 nitrogen and oxygen atoms in total. The standard InChI is InChI=1S/C13H18FN/c1-9-4-3-7-15-13(9)12-6-5-11(14)8-10(12)2/h5-6,8-9,13,15H,3-4,7H2,1-2H3. The lowest BCUT2D eigenvalue weighted by Gasteiger charge is -2.31. The fraction of sp³-hybridized carbons (Fsp3) is 0.538. The zero-order chi connectivity index (χ0) is 10.8. The van der Waals surface area contributed by atoms with Crippen molar-refractivity contribution in [2.24, 2.45) is 5.92 Å². The van der Waals surface area contributed by atoms with Crippen molar-refractivity contribution in [3.05, 3.63) is 35.1 Å². The van der Waals surface area contributed by atoms with Crippen LogP contribution in [0.15, 0.2) is 18.2 Å². The molecule has 0 radical (unpaired) electrons. The molecular formula is C13H18FN. The number of rotatable bonds is 1. The molecule has 1 heterocycles. The Bertz CT molecular complexity index is 348. The van der Waals surface area contributed by atoms with E-state index in [1.807, 2.05) is 13.0 Å². The fourth-order valence-corrected chi connectivity index (χ4v) is 2.45. The molecule has 1 aliphatic heterocycles. The Kier molecular flexibility index (Phi) is 3.06. The van der Waals surface area contributed by atoms with E-state index in [1.165, 1.54) is 18.4 Å². The molecule has 15 heavy (non-hydrogen) atoms. The minimum Gasteiger partial charge on any atom is -0.310 e. The molecule has 0 amide bonds. The second-order valence-electron chi connectivity index (χ2n) is 4.55. The number of halogens is 1. The lowest BCUT2D eigenvalue weighted by atomic mass is 9.86. The van der Waals surface area contributed by atoms with Crippen LogP contribution in [0.1, 0.15) is 36.9 Å². The van der Waals surface area contributed by atoms with E-state index in [4.69, 9.17) is 0 Å². The minimum absolute atomic E-state index is 0.139. The van der Waals surface area contributed by atoms with Gasteiger partial charge in [0.1, 0.15) is 5.82 Å². The van der Waals surface area contributed by atoms with Crippen LogP contribution in [0.4, 0.5) is 4.39 Å². The quantitative estimate of drug-likeness (QED) is 0.745. The Morgan fingerprint density at radius 1 is 1.40 bits per heavy atom. The second-order valence-corrected chi connectivity index (χ2v) is 4.55. The summed E-state index contributed by atoms with van der Waals surface area (Å²) in [6, 6.07) is 5.51. The SMILES string of the molecule is Cc1cc(F)ccc1C1NCCCC1C. The van der Waals surface area contributed by atoms with Crippen molar-refractivity contribution in [3.63, 3.8) is 0 Å². The molecule has 1 fully saturated rings. The van der Waals surface area contributed by atoms with Crippen molar-refractivity contribution >= 4 is 0 Å². The van der Waals surface area contributed by atoms with Crippen LogP contribution in [-0.2, 0) is 0 Å². The number of aryl methyl sites for hydroxylation is 1. The lowest BCUT2D eigenvalue weighted by Crippen LogP contribution is -2.33. The highest BCUT2D eigenvalue weighted by Crippen LogP contribution is 2.30. The van der Waals surface area contributed by atoms with Crippen LogP contribution in [0.25, 0.3) is 0 Å². The summed E-state index contributed by atoms with van der Waals surface area (Å²) in [7, 11) is 0. The van der Waals surface area contributed by atoms with Gasteiger partial charge in [0.25, 0.3) is 0 Å². The Hall–Kier alpha value is -0.890. The first-order valence-electron chi connectivity index (χ1n) is 5.68. The molecule has 2 unspecified atom stereocenters. The number of piperidine rings is 1. The first-order chi connectivity index (χ1) is 7.18. The van der Waals surface area contributed by atoms with Gasteiger partial charge in [0.2, 0.25) is 0 Å². The lowest BCUT2D eigenvalue weighted by molar-refractivity contribution is 0.305. The third-order valence-electron chi connectivity index (χ3n) is 3.34. The van der Waals surface area contributed by atoms with E-state index in [0.29, 0.717) is 12.0 Å². The van der Waals surface area contributed by atoms with Crippen molar-refractivity contribution in [1.29, 1.82) is 0 Å². The summed E-state index contributed by atoms with van der Waals surface area (Å²) in [6.45, 7) is 5.33. The third-order valence-corrected chi connectivity index (χ3v) is 3.34. The molecule has 82 valence electrons. The van der Waals surface area contributed by atoms with Gasteiger partial charge in [0.05, 0.1) is 0 Å². The van der Waals surface area contributed by atoms with Gasteiger partial charge in [-0.15, -0.1) is 0 Å². The maximum Gasteiger partial charge on any atom is 0.123 e. The molecule has 2 rings (SSSR count). The predicted octanol–water partition coefficient (Wildman–Crippen LogP) is 3.19. The Labute approximate surface area is 90.7 Å². The van der Waals surface area contributed by atoms with Gasteiger partial charge >= 0.3 is 0 Å². The van der Waals surface area contributed by atoms with Crippen molar-refractivity contribution in [1.82, 2.24) is 5.32 Å². The third kappa shape index (κ3) is 2.20. The zero-order valence-corrected chi connectivity index (χ0v) is 9.39. The summed E-state index contributed by atoms with van der Waals surface area (Å²) >= 11 is 0. The van der Waals surface area contributed by atoms with E-state index in [2.05, 4.69) is 12.2 Å². The number of benzene rings is 1. The molecule has 0 spiro atoms. The normalized spacial score (nSPS) is 26.6. The first-order valence-corrected chi connectivity index (χ1v) is 5.68. The van der Waals surface area contributed by atoms with Crippen molar-refractivity contribution in [2.75, 3.05) is 6.54 Å². The van der Waals surface area contributed by atoms with E-state index in [-0.39, 0.29) is 5.82 Å². The molecule has 0 aromatic heterocycles. The molecule has 1 saturated heterocycles. The Balaban J connectivity index is 2.27. The van der Waals surface area contributed by atoms with Gasteiger partial charge in [-0.1, -0.05) is 13.0 Å². The van der Waals surface area contributed by atoms with E-state index in [9.17, 15) is 4.39 Å². The highest BCUT2D eigenvalue weighted by atomic mass is 19.1. The van der Waals surface area contributed by atoms with Gasteiger partial charge in [-0.2, -0.15) is 0 Å². The van der Waals surface area contributed by atoms with Crippen LogP contribution >= 0.6 is 0 Å². The van der Waals surface area contributed by atoms with Crippen LogP contribution < -0.4 is 5.32 Å². The highest BCUT2D eigenvalue weighted by molar-refractivity contribution is 5.30. The van der Waals surface area contributed by atoms with Gasteiger partial charge in [-0.3, -0.25) is 0 Å². The maximum atomic E-state index is 13.0. The largest absolute Gasteiger partial charge is 0.310 e. The average Bonchev–Trinajstić information content (AvgIpc) is 2.20. The van der Waals surface area contributed by atoms with E-state index < -0.39 is 0 Å². The summed E-state index contributed by atoms with van der Waals surface area (Å²) in [6.07, 6.45) is 2.51. The van der Waals surface area contributed by atoms with Crippen LogP contribution in [0.3, 0.4) is 0 Å². The fourth-order valence-electron chi connectivity index (χ4n) is 2.45. The molecule has 2 heteroatoms. The summed E-state index contributed by atoms with van der Waals surface area (Å²) in [4.78, 5) is 0. The molecule has 2 atom stereocenters. The summed E-state index contributed by atoms with van der Waals surface area (Å²) in [5.74, 6) is 0.502. The van der Waals surface area contributed by atoms with E-state index in [0.717, 1.165) is 12.1 Å². The van der Waals surface area contributed by atoms with Crippen molar-refractivity contribution < 1.29 is 4.39 Å².